The van der Waals surface area contributed by atoms with Crippen molar-refractivity contribution in [2.45, 2.75) is 48.5 Å². The Morgan fingerprint density at radius 2 is 2.12 bits per heavy atom. The number of ether oxygens (including phenoxy) is 1. The summed E-state index contributed by atoms with van der Waals surface area (Å²) < 4.78 is 6.48. The standard InChI is InChI=1S/C19H19NO4/c1-20-9-8-18-14-11-2-3-12-15(14)22-19(18,24-23-12)17(21)6-4-16(18,5-7-17)13(20)10-11/h2-4,6,13,21H,5,7-10H2,1H3/t13-,16+,17+,18-,19-/m1/s1. The second kappa shape index (κ2) is 3.26. The van der Waals surface area contributed by atoms with E-state index in [1.807, 2.05) is 12.1 Å². The number of likely N-dealkylation sites (tertiary alicyclic amines) is 1. The van der Waals surface area contributed by atoms with Crippen molar-refractivity contribution < 1.29 is 19.6 Å². The van der Waals surface area contributed by atoms with Crippen LogP contribution in [0, 0.1) is 5.41 Å². The molecule has 0 unspecified atom stereocenters. The molecule has 5 atom stereocenters. The normalized spacial score (nSPS) is 51.3. The first-order valence-corrected chi connectivity index (χ1v) is 8.91. The average molecular weight is 325 g/mol. The van der Waals surface area contributed by atoms with Gasteiger partial charge in [-0.25, -0.2) is 0 Å². The largest absolute Gasteiger partial charge is 0.450 e. The van der Waals surface area contributed by atoms with Crippen LogP contribution in [0.5, 0.6) is 11.5 Å². The summed E-state index contributed by atoms with van der Waals surface area (Å²) in [4.78, 5) is 14.1. The zero-order chi connectivity index (χ0) is 15.9. The summed E-state index contributed by atoms with van der Waals surface area (Å²) in [7, 11) is 2.23. The van der Waals surface area contributed by atoms with Crippen molar-refractivity contribution in [2.24, 2.45) is 5.41 Å². The quantitative estimate of drug-likeness (QED) is 0.581. The van der Waals surface area contributed by atoms with Crippen LogP contribution in [-0.4, -0.2) is 41.0 Å². The number of piperidine rings is 1. The van der Waals surface area contributed by atoms with Crippen LogP contribution < -0.4 is 9.62 Å². The van der Waals surface area contributed by atoms with Gasteiger partial charge < -0.3 is 19.6 Å². The van der Waals surface area contributed by atoms with E-state index < -0.39 is 11.4 Å². The summed E-state index contributed by atoms with van der Waals surface area (Å²) >= 11 is 0. The second-order valence-electron chi connectivity index (χ2n) is 8.47. The lowest BCUT2D eigenvalue weighted by atomic mass is 9.38. The van der Waals surface area contributed by atoms with E-state index in [9.17, 15) is 5.11 Å². The number of rotatable bonds is 0. The third kappa shape index (κ3) is 0.885. The number of fused-ring (bicyclic) bond motifs is 1. The van der Waals surface area contributed by atoms with E-state index in [1.165, 1.54) is 11.1 Å². The van der Waals surface area contributed by atoms with Gasteiger partial charge in [0.05, 0.1) is 5.41 Å². The predicted octanol–water partition coefficient (Wildman–Crippen LogP) is 1.68. The summed E-state index contributed by atoms with van der Waals surface area (Å²) in [5.41, 5.74) is 1.03. The van der Waals surface area contributed by atoms with Gasteiger partial charge in [0.25, 0.3) is 5.79 Å². The molecule has 3 heterocycles. The molecule has 1 aromatic carbocycles. The van der Waals surface area contributed by atoms with E-state index in [4.69, 9.17) is 14.5 Å². The van der Waals surface area contributed by atoms with Crippen molar-refractivity contribution in [3.63, 3.8) is 0 Å². The van der Waals surface area contributed by atoms with Crippen LogP contribution in [0.2, 0.25) is 0 Å². The van der Waals surface area contributed by atoms with E-state index in [0.717, 1.165) is 31.6 Å². The molecule has 3 spiro atoms. The molecule has 1 N–H and O–H groups in total. The third-order valence-corrected chi connectivity index (χ3v) is 8.01. The summed E-state index contributed by atoms with van der Waals surface area (Å²) in [5, 5.41) is 11.5. The van der Waals surface area contributed by atoms with Crippen LogP contribution in [0.25, 0.3) is 0 Å². The minimum Gasteiger partial charge on any atom is -0.450 e. The fraction of sp³-hybridized carbons (Fsp3) is 0.579. The Balaban J connectivity index is 1.70. The van der Waals surface area contributed by atoms with E-state index in [2.05, 4.69) is 24.1 Å². The SMILES string of the molecule is CN1CC[C@]23c4c5ccc6c4O[C@@]2(OO6)[C@]2(O)C=C[C@]3(CC2)[C@H]1C5. The van der Waals surface area contributed by atoms with Crippen LogP contribution in [0.3, 0.4) is 0 Å². The fourth-order valence-corrected chi connectivity index (χ4v) is 7.07. The van der Waals surface area contributed by atoms with Crippen LogP contribution >= 0.6 is 0 Å². The van der Waals surface area contributed by atoms with Crippen LogP contribution in [-0.2, 0) is 16.7 Å². The minimum absolute atomic E-state index is 0.0605. The van der Waals surface area contributed by atoms with Crippen molar-refractivity contribution in [1.29, 1.82) is 0 Å². The van der Waals surface area contributed by atoms with Crippen molar-refractivity contribution in [2.75, 3.05) is 13.6 Å². The number of likely N-dealkylation sites (N-methyl/N-ethyl adjacent to an activating group) is 1. The third-order valence-electron chi connectivity index (χ3n) is 8.01. The van der Waals surface area contributed by atoms with Gasteiger partial charge in [-0.2, -0.15) is 0 Å². The molecule has 8 rings (SSSR count). The van der Waals surface area contributed by atoms with Gasteiger partial charge >= 0.3 is 0 Å². The van der Waals surface area contributed by atoms with E-state index in [0.29, 0.717) is 18.2 Å². The number of benzene rings is 1. The molecule has 0 amide bonds. The van der Waals surface area contributed by atoms with Gasteiger partial charge in [-0.3, -0.25) is 0 Å². The molecule has 3 aliphatic heterocycles. The van der Waals surface area contributed by atoms with Crippen LogP contribution in [0.4, 0.5) is 0 Å². The Hall–Kier alpha value is -1.56. The van der Waals surface area contributed by atoms with Crippen molar-refractivity contribution in [3.8, 4) is 11.5 Å². The Bertz CT molecular complexity index is 867. The van der Waals surface area contributed by atoms with E-state index in [1.54, 1.807) is 0 Å². The highest BCUT2D eigenvalue weighted by Crippen LogP contribution is 2.78. The van der Waals surface area contributed by atoms with E-state index in [-0.39, 0.29) is 10.8 Å². The van der Waals surface area contributed by atoms with Gasteiger partial charge in [0, 0.05) is 17.0 Å². The van der Waals surface area contributed by atoms with Crippen LogP contribution in [0.15, 0.2) is 24.3 Å². The highest BCUT2D eigenvalue weighted by Gasteiger charge is 2.86. The molecule has 7 aliphatic rings. The highest BCUT2D eigenvalue weighted by molar-refractivity contribution is 5.66. The molecule has 6 bridgehead atoms. The maximum absolute atomic E-state index is 11.5. The number of aliphatic hydroxyl groups is 1. The molecular weight excluding hydrogens is 306 g/mol. The molecule has 0 radical (unpaired) electrons. The molecule has 0 aromatic heterocycles. The molecule has 4 aliphatic carbocycles. The Morgan fingerprint density at radius 3 is 2.96 bits per heavy atom. The summed E-state index contributed by atoms with van der Waals surface area (Å²) in [6, 6.07) is 4.52. The zero-order valence-electron chi connectivity index (χ0n) is 13.5. The topological polar surface area (TPSA) is 51.2 Å². The molecule has 1 aromatic rings. The summed E-state index contributed by atoms with van der Waals surface area (Å²) in [5.74, 6) is 0.326. The zero-order valence-corrected chi connectivity index (χ0v) is 13.5. The number of hydrogen-bond acceptors (Lipinski definition) is 5. The van der Waals surface area contributed by atoms with Crippen molar-refractivity contribution in [1.82, 2.24) is 4.90 Å². The molecule has 1 saturated heterocycles. The van der Waals surface area contributed by atoms with Gasteiger partial charge in [-0.05, 0) is 57.0 Å². The Labute approximate surface area is 139 Å². The first-order valence-electron chi connectivity index (χ1n) is 8.91. The summed E-state index contributed by atoms with van der Waals surface area (Å²) in [6.07, 6.45) is 7.77. The number of nitrogens with zero attached hydrogens (tertiary/aromatic N) is 1. The molecule has 24 heavy (non-hydrogen) atoms. The Kier molecular flexibility index (Phi) is 1.73. The molecule has 1 saturated carbocycles. The van der Waals surface area contributed by atoms with Crippen molar-refractivity contribution in [3.05, 3.63) is 35.4 Å². The first kappa shape index (κ1) is 12.8. The lowest BCUT2D eigenvalue weighted by Gasteiger charge is -2.70. The molecule has 5 heteroatoms. The van der Waals surface area contributed by atoms with Gasteiger partial charge in [-0.1, -0.05) is 12.1 Å². The first-order chi connectivity index (χ1) is 11.6. The average Bonchev–Trinajstić information content (AvgIpc) is 2.88. The van der Waals surface area contributed by atoms with Gasteiger partial charge in [0.2, 0.25) is 5.75 Å². The maximum Gasteiger partial charge on any atom is 0.294 e. The highest BCUT2D eigenvalue weighted by atomic mass is 17.2. The second-order valence-corrected chi connectivity index (χ2v) is 8.47. The van der Waals surface area contributed by atoms with Gasteiger partial charge in [0.1, 0.15) is 0 Å². The van der Waals surface area contributed by atoms with E-state index >= 15 is 0 Å². The maximum atomic E-state index is 11.5. The van der Waals surface area contributed by atoms with Gasteiger partial charge in [0.15, 0.2) is 11.4 Å². The minimum atomic E-state index is -1.14. The van der Waals surface area contributed by atoms with Crippen molar-refractivity contribution >= 4 is 0 Å². The predicted molar refractivity (Wildman–Crippen MR) is 83.7 cm³/mol. The monoisotopic (exact) mass is 325 g/mol. The summed E-state index contributed by atoms with van der Waals surface area (Å²) in [6.45, 7) is 0.980. The van der Waals surface area contributed by atoms with Gasteiger partial charge in [-0.15, -0.1) is 4.89 Å². The van der Waals surface area contributed by atoms with Crippen LogP contribution in [0.1, 0.15) is 30.4 Å². The fourth-order valence-electron chi connectivity index (χ4n) is 7.07. The smallest absolute Gasteiger partial charge is 0.294 e. The Morgan fingerprint density at radius 1 is 1.21 bits per heavy atom. The molecule has 2 fully saturated rings. The lowest BCUT2D eigenvalue weighted by molar-refractivity contribution is -0.450. The molecule has 124 valence electrons. The molecular formula is C19H19NO4. The number of hydrogen-bond donors (Lipinski definition) is 1. The lowest BCUT2D eigenvalue weighted by Crippen LogP contribution is -2.83. The molecule has 5 nitrogen and oxygen atoms in total.